The van der Waals surface area contributed by atoms with Gasteiger partial charge >= 0.3 is 0 Å². The van der Waals surface area contributed by atoms with Crippen LogP contribution in [0.15, 0.2) is 30.3 Å². The molecule has 0 radical (unpaired) electrons. The van der Waals surface area contributed by atoms with Crippen LogP contribution < -0.4 is 0 Å². The van der Waals surface area contributed by atoms with Crippen LogP contribution in [0, 0.1) is 0 Å². The highest BCUT2D eigenvalue weighted by Gasteiger charge is 2.16. The molecule has 0 amide bonds. The Balaban J connectivity index is 1.86. The zero-order valence-electron chi connectivity index (χ0n) is 10.4. The topological polar surface area (TPSA) is 6.48 Å². The monoisotopic (exact) mass is 218 g/mol. The van der Waals surface area contributed by atoms with Crippen LogP contribution in [0.2, 0.25) is 0 Å². The summed E-state index contributed by atoms with van der Waals surface area (Å²) in [5.74, 6) is 0.643. The fraction of sp³-hybridized carbons (Fsp3) is 0.571. The van der Waals surface area contributed by atoms with E-state index in [4.69, 9.17) is 0 Å². The van der Waals surface area contributed by atoms with Crippen molar-refractivity contribution in [3.05, 3.63) is 35.9 Å². The Kier molecular flexibility index (Phi) is 3.97. The zero-order valence-corrected chi connectivity index (χ0v) is 10.4. The van der Waals surface area contributed by atoms with Crippen molar-refractivity contribution >= 4 is 0 Å². The summed E-state index contributed by atoms with van der Waals surface area (Å²) >= 11 is 0. The maximum atomic E-state index is 2.58. The van der Waals surface area contributed by atoms with Crippen LogP contribution in [0.1, 0.15) is 18.4 Å². The van der Waals surface area contributed by atoms with E-state index in [2.05, 4.69) is 54.1 Å². The van der Waals surface area contributed by atoms with Crippen LogP contribution in [0.25, 0.3) is 0 Å². The molecule has 1 aliphatic heterocycles. The Morgan fingerprint density at radius 2 is 1.69 bits per heavy atom. The fourth-order valence-corrected chi connectivity index (χ4v) is 2.30. The van der Waals surface area contributed by atoms with Crippen molar-refractivity contribution in [2.75, 3.05) is 39.8 Å². The van der Waals surface area contributed by atoms with Crippen molar-refractivity contribution in [3.63, 3.8) is 0 Å². The first-order valence-electron chi connectivity index (χ1n) is 6.21. The van der Waals surface area contributed by atoms with Gasteiger partial charge in [0.15, 0.2) is 0 Å². The second-order valence-electron chi connectivity index (χ2n) is 4.92. The molecular weight excluding hydrogens is 196 g/mol. The van der Waals surface area contributed by atoms with Gasteiger partial charge in [-0.3, -0.25) is 0 Å². The van der Waals surface area contributed by atoms with Gasteiger partial charge in [-0.05, 0) is 18.5 Å². The summed E-state index contributed by atoms with van der Waals surface area (Å²) < 4.78 is 0. The van der Waals surface area contributed by atoms with Gasteiger partial charge in [-0.15, -0.1) is 0 Å². The van der Waals surface area contributed by atoms with Crippen LogP contribution in [-0.2, 0) is 0 Å². The third-order valence-corrected chi connectivity index (χ3v) is 3.50. The van der Waals surface area contributed by atoms with Crippen LogP contribution in [0.5, 0.6) is 0 Å². The van der Waals surface area contributed by atoms with Crippen LogP contribution >= 0.6 is 0 Å². The summed E-state index contributed by atoms with van der Waals surface area (Å²) in [4.78, 5) is 4.99. The average Bonchev–Trinajstić information content (AvgIpc) is 2.33. The molecule has 0 unspecified atom stereocenters. The molecule has 0 spiro atoms. The van der Waals surface area contributed by atoms with Crippen molar-refractivity contribution in [1.29, 1.82) is 0 Å². The van der Waals surface area contributed by atoms with Gasteiger partial charge in [-0.25, -0.2) is 0 Å². The Morgan fingerprint density at radius 1 is 1.06 bits per heavy atom. The van der Waals surface area contributed by atoms with Gasteiger partial charge in [0.2, 0.25) is 0 Å². The number of nitrogens with zero attached hydrogens (tertiary/aromatic N) is 2. The molecule has 16 heavy (non-hydrogen) atoms. The van der Waals surface area contributed by atoms with Crippen molar-refractivity contribution < 1.29 is 0 Å². The Bertz CT molecular complexity index is 302. The molecule has 0 bridgehead atoms. The lowest BCUT2D eigenvalue weighted by molar-refractivity contribution is 0.149. The molecule has 2 heteroatoms. The minimum Gasteiger partial charge on any atom is -0.304 e. The molecule has 2 rings (SSSR count). The van der Waals surface area contributed by atoms with E-state index < -0.39 is 0 Å². The SMILES string of the molecule is C[C@H](CN1CCN(C)CC1)c1ccccc1. The quantitative estimate of drug-likeness (QED) is 0.766. The fourth-order valence-electron chi connectivity index (χ4n) is 2.30. The summed E-state index contributed by atoms with van der Waals surface area (Å²) in [5, 5.41) is 0. The molecule has 1 aromatic rings. The van der Waals surface area contributed by atoms with E-state index in [0.717, 1.165) is 0 Å². The number of piperazine rings is 1. The van der Waals surface area contributed by atoms with Gasteiger partial charge in [-0.2, -0.15) is 0 Å². The number of hydrogen-bond donors (Lipinski definition) is 0. The van der Waals surface area contributed by atoms with Gasteiger partial charge in [0.25, 0.3) is 0 Å². The first-order chi connectivity index (χ1) is 7.75. The normalized spacial score (nSPS) is 20.9. The minimum atomic E-state index is 0.643. The zero-order chi connectivity index (χ0) is 11.4. The third-order valence-electron chi connectivity index (χ3n) is 3.50. The van der Waals surface area contributed by atoms with Crippen LogP contribution in [0.3, 0.4) is 0 Å². The summed E-state index contributed by atoms with van der Waals surface area (Å²) in [7, 11) is 2.21. The van der Waals surface area contributed by atoms with E-state index in [1.807, 2.05) is 0 Å². The van der Waals surface area contributed by atoms with E-state index in [9.17, 15) is 0 Å². The second-order valence-corrected chi connectivity index (χ2v) is 4.92. The number of benzene rings is 1. The van der Waals surface area contributed by atoms with Gasteiger partial charge in [0.1, 0.15) is 0 Å². The van der Waals surface area contributed by atoms with Crippen molar-refractivity contribution in [2.24, 2.45) is 0 Å². The third kappa shape index (κ3) is 3.06. The number of rotatable bonds is 3. The van der Waals surface area contributed by atoms with E-state index in [1.165, 1.54) is 38.3 Å². The van der Waals surface area contributed by atoms with Crippen molar-refractivity contribution in [2.45, 2.75) is 12.8 Å². The van der Waals surface area contributed by atoms with Crippen molar-refractivity contribution in [1.82, 2.24) is 9.80 Å². The van der Waals surface area contributed by atoms with Gasteiger partial charge in [0.05, 0.1) is 0 Å². The first kappa shape index (κ1) is 11.6. The molecule has 2 nitrogen and oxygen atoms in total. The van der Waals surface area contributed by atoms with Gasteiger partial charge in [0, 0.05) is 32.7 Å². The number of likely N-dealkylation sites (N-methyl/N-ethyl adjacent to an activating group) is 1. The molecule has 88 valence electrons. The average molecular weight is 218 g/mol. The Morgan fingerprint density at radius 3 is 2.31 bits per heavy atom. The molecule has 0 aliphatic carbocycles. The second kappa shape index (κ2) is 5.46. The maximum Gasteiger partial charge on any atom is 0.0110 e. The standard InChI is InChI=1S/C14H22N2/c1-13(14-6-4-3-5-7-14)12-16-10-8-15(2)9-11-16/h3-7,13H,8-12H2,1-2H3/t13-/m1/s1. The predicted molar refractivity (Wildman–Crippen MR) is 68.8 cm³/mol. The van der Waals surface area contributed by atoms with Crippen LogP contribution in [-0.4, -0.2) is 49.6 Å². The lowest BCUT2D eigenvalue weighted by Crippen LogP contribution is -2.45. The molecule has 1 heterocycles. The van der Waals surface area contributed by atoms with E-state index in [-0.39, 0.29) is 0 Å². The van der Waals surface area contributed by atoms with Crippen LogP contribution in [0.4, 0.5) is 0 Å². The molecule has 0 N–H and O–H groups in total. The Labute approximate surface area is 98.9 Å². The van der Waals surface area contributed by atoms with E-state index >= 15 is 0 Å². The van der Waals surface area contributed by atoms with E-state index in [0.29, 0.717) is 5.92 Å². The summed E-state index contributed by atoms with van der Waals surface area (Å²) in [6.45, 7) is 8.37. The van der Waals surface area contributed by atoms with Gasteiger partial charge < -0.3 is 9.80 Å². The maximum absolute atomic E-state index is 2.58. The molecule has 0 aromatic heterocycles. The Hall–Kier alpha value is -0.860. The lowest BCUT2D eigenvalue weighted by Gasteiger charge is -2.34. The first-order valence-corrected chi connectivity index (χ1v) is 6.21. The summed E-state index contributed by atoms with van der Waals surface area (Å²) in [6, 6.07) is 10.8. The summed E-state index contributed by atoms with van der Waals surface area (Å²) in [5.41, 5.74) is 1.46. The highest BCUT2D eigenvalue weighted by molar-refractivity contribution is 5.19. The largest absolute Gasteiger partial charge is 0.304 e. The molecule has 1 atom stereocenters. The van der Waals surface area contributed by atoms with Crippen molar-refractivity contribution in [3.8, 4) is 0 Å². The molecule has 1 aromatic carbocycles. The highest BCUT2D eigenvalue weighted by atomic mass is 15.2. The van der Waals surface area contributed by atoms with E-state index in [1.54, 1.807) is 0 Å². The number of hydrogen-bond acceptors (Lipinski definition) is 2. The molecule has 1 fully saturated rings. The predicted octanol–water partition coefficient (Wildman–Crippen LogP) is 2.04. The molecule has 0 saturated carbocycles. The molecule has 1 aliphatic rings. The highest BCUT2D eigenvalue weighted by Crippen LogP contribution is 2.16. The van der Waals surface area contributed by atoms with Gasteiger partial charge in [-0.1, -0.05) is 37.3 Å². The summed E-state index contributed by atoms with van der Waals surface area (Å²) in [6.07, 6.45) is 0. The molecular formula is C14H22N2. The lowest BCUT2D eigenvalue weighted by atomic mass is 10.0. The minimum absolute atomic E-state index is 0.643. The molecule has 1 saturated heterocycles. The smallest absolute Gasteiger partial charge is 0.0110 e.